The maximum Gasteiger partial charge on any atom is 0.290 e. The second kappa shape index (κ2) is 6.95. The number of methoxy groups -OCH3 is 1. The fourth-order valence-corrected chi connectivity index (χ4v) is 2.11. The first-order chi connectivity index (χ1) is 11.7. The van der Waals surface area contributed by atoms with Gasteiger partial charge in [0.15, 0.2) is 0 Å². The van der Waals surface area contributed by atoms with Gasteiger partial charge in [-0.1, -0.05) is 35.5 Å². The van der Waals surface area contributed by atoms with Crippen molar-refractivity contribution in [1.82, 2.24) is 20.6 Å². The molecule has 24 heavy (non-hydrogen) atoms. The molecule has 0 aliphatic heterocycles. The summed E-state index contributed by atoms with van der Waals surface area (Å²) < 4.78 is 15.0. The summed E-state index contributed by atoms with van der Waals surface area (Å²) >= 11 is 0. The van der Waals surface area contributed by atoms with Crippen molar-refractivity contribution < 1.29 is 18.6 Å². The molecule has 3 rings (SSSR count). The number of rotatable bonds is 6. The predicted octanol–water partition coefficient (Wildman–Crippen LogP) is 2.09. The monoisotopic (exact) mass is 328 g/mol. The van der Waals surface area contributed by atoms with E-state index in [0.29, 0.717) is 18.1 Å². The van der Waals surface area contributed by atoms with Gasteiger partial charge in [-0.3, -0.25) is 4.79 Å². The van der Waals surface area contributed by atoms with E-state index in [9.17, 15) is 4.79 Å². The molecule has 8 nitrogen and oxygen atoms in total. The van der Waals surface area contributed by atoms with E-state index in [4.69, 9.17) is 13.8 Å². The highest BCUT2D eigenvalue weighted by molar-refractivity contribution is 5.91. The van der Waals surface area contributed by atoms with E-state index in [0.717, 1.165) is 5.56 Å². The van der Waals surface area contributed by atoms with Crippen molar-refractivity contribution in [2.24, 2.45) is 0 Å². The van der Waals surface area contributed by atoms with Gasteiger partial charge in [0.05, 0.1) is 13.2 Å². The van der Waals surface area contributed by atoms with Crippen LogP contribution in [0.5, 0.6) is 5.88 Å². The third-order valence-electron chi connectivity index (χ3n) is 3.28. The number of benzene rings is 1. The molecule has 0 radical (unpaired) electrons. The number of hydrogen-bond donors (Lipinski definition) is 1. The topological polar surface area (TPSA) is 103 Å². The molecule has 1 unspecified atom stereocenters. The van der Waals surface area contributed by atoms with Crippen molar-refractivity contribution in [1.29, 1.82) is 0 Å². The Balaban J connectivity index is 1.60. The Labute approximate surface area is 137 Å². The third-order valence-corrected chi connectivity index (χ3v) is 3.28. The summed E-state index contributed by atoms with van der Waals surface area (Å²) in [5, 5.41) is 10.3. The molecule has 0 aliphatic carbocycles. The van der Waals surface area contributed by atoms with E-state index >= 15 is 0 Å². The van der Waals surface area contributed by atoms with Gasteiger partial charge in [-0.15, -0.1) is 0 Å². The normalized spacial score (nSPS) is 11.9. The minimum Gasteiger partial charge on any atom is -0.479 e. The van der Waals surface area contributed by atoms with E-state index in [-0.39, 0.29) is 23.6 Å². The Kier molecular flexibility index (Phi) is 4.55. The molecule has 0 aliphatic rings. The van der Waals surface area contributed by atoms with Crippen LogP contribution in [0.2, 0.25) is 0 Å². The number of carbonyl (C=O) groups excluding carboxylic acids is 1. The maximum atomic E-state index is 12.0. The number of nitrogens with one attached hydrogen (secondary N) is 1. The number of nitrogens with zero attached hydrogens (tertiary/aromatic N) is 3. The predicted molar refractivity (Wildman–Crippen MR) is 83.4 cm³/mol. The summed E-state index contributed by atoms with van der Waals surface area (Å²) in [6.07, 6.45) is 0.400. The minimum absolute atomic E-state index is 0.0780. The number of hydrogen-bond acceptors (Lipinski definition) is 7. The Morgan fingerprint density at radius 1 is 1.25 bits per heavy atom. The molecule has 1 amide bonds. The zero-order valence-corrected chi connectivity index (χ0v) is 13.2. The average molecular weight is 328 g/mol. The molecule has 0 fully saturated rings. The summed E-state index contributed by atoms with van der Waals surface area (Å²) in [5.74, 6) is 0.897. The van der Waals surface area contributed by atoms with Crippen LogP contribution < -0.4 is 10.1 Å². The quantitative estimate of drug-likeness (QED) is 0.739. The fraction of sp³-hybridized carbons (Fsp3) is 0.250. The molecule has 1 atom stereocenters. The Morgan fingerprint density at radius 3 is 2.75 bits per heavy atom. The Bertz CT molecular complexity index is 812. The van der Waals surface area contributed by atoms with E-state index in [1.54, 1.807) is 0 Å². The largest absolute Gasteiger partial charge is 0.479 e. The minimum atomic E-state index is -0.388. The van der Waals surface area contributed by atoms with Gasteiger partial charge in [0.2, 0.25) is 17.5 Å². The van der Waals surface area contributed by atoms with Gasteiger partial charge in [-0.05, 0) is 12.1 Å². The van der Waals surface area contributed by atoms with Crippen LogP contribution in [0, 0.1) is 0 Å². The molecule has 0 spiro atoms. The lowest BCUT2D eigenvalue weighted by Crippen LogP contribution is -2.33. The van der Waals surface area contributed by atoms with E-state index in [1.165, 1.54) is 13.2 Å². The van der Waals surface area contributed by atoms with Gasteiger partial charge < -0.3 is 19.1 Å². The molecule has 2 aromatic heterocycles. The first-order valence-electron chi connectivity index (χ1n) is 7.35. The maximum absolute atomic E-state index is 12.0. The molecular weight excluding hydrogens is 312 g/mol. The highest BCUT2D eigenvalue weighted by Crippen LogP contribution is 2.15. The average Bonchev–Trinajstić information content (AvgIpc) is 3.24. The summed E-state index contributed by atoms with van der Waals surface area (Å²) in [6.45, 7) is 1.83. The molecule has 2 heterocycles. The highest BCUT2D eigenvalue weighted by Gasteiger charge is 2.18. The molecule has 0 saturated carbocycles. The van der Waals surface area contributed by atoms with Crippen LogP contribution >= 0.6 is 0 Å². The summed E-state index contributed by atoms with van der Waals surface area (Å²) in [4.78, 5) is 16.4. The first-order valence-corrected chi connectivity index (χ1v) is 7.35. The van der Waals surface area contributed by atoms with Gasteiger partial charge >= 0.3 is 0 Å². The van der Waals surface area contributed by atoms with Crippen LogP contribution in [0.25, 0.3) is 11.4 Å². The van der Waals surface area contributed by atoms with Gasteiger partial charge in [0.1, 0.15) is 0 Å². The van der Waals surface area contributed by atoms with E-state index in [1.807, 2.05) is 37.3 Å². The molecule has 1 N–H and O–H groups in total. The Morgan fingerprint density at radius 2 is 2.04 bits per heavy atom. The van der Waals surface area contributed by atoms with Gasteiger partial charge in [-0.25, -0.2) is 0 Å². The van der Waals surface area contributed by atoms with Crippen LogP contribution in [0.4, 0.5) is 0 Å². The van der Waals surface area contributed by atoms with Crippen molar-refractivity contribution in [3.05, 3.63) is 48.0 Å². The number of ether oxygens (including phenoxy) is 1. The smallest absolute Gasteiger partial charge is 0.290 e. The molecule has 124 valence electrons. The zero-order chi connectivity index (χ0) is 16.9. The molecule has 1 aromatic carbocycles. The summed E-state index contributed by atoms with van der Waals surface area (Å²) in [5.41, 5.74) is 0.873. The molecule has 0 bridgehead atoms. The molecule has 3 aromatic rings. The van der Waals surface area contributed by atoms with Crippen LogP contribution in [0.3, 0.4) is 0 Å². The van der Waals surface area contributed by atoms with Crippen LogP contribution in [-0.4, -0.2) is 34.4 Å². The van der Waals surface area contributed by atoms with Crippen molar-refractivity contribution in [3.8, 4) is 17.3 Å². The lowest BCUT2D eigenvalue weighted by Gasteiger charge is -2.09. The fourth-order valence-electron chi connectivity index (χ4n) is 2.11. The van der Waals surface area contributed by atoms with Crippen LogP contribution in [0.15, 0.2) is 45.4 Å². The van der Waals surface area contributed by atoms with Crippen LogP contribution in [0.1, 0.15) is 23.4 Å². The van der Waals surface area contributed by atoms with Gasteiger partial charge in [0, 0.05) is 18.0 Å². The lowest BCUT2D eigenvalue weighted by atomic mass is 10.2. The molecule has 0 saturated heterocycles. The Hall–Kier alpha value is -3.16. The third kappa shape index (κ3) is 3.60. The van der Waals surface area contributed by atoms with E-state index in [2.05, 4.69) is 20.6 Å². The van der Waals surface area contributed by atoms with Crippen molar-refractivity contribution in [2.45, 2.75) is 19.4 Å². The lowest BCUT2D eigenvalue weighted by molar-refractivity contribution is 0.0901. The van der Waals surface area contributed by atoms with Crippen molar-refractivity contribution in [2.75, 3.05) is 7.11 Å². The van der Waals surface area contributed by atoms with E-state index < -0.39 is 0 Å². The second-order valence-electron chi connectivity index (χ2n) is 5.19. The number of aromatic nitrogens is 3. The second-order valence-corrected chi connectivity index (χ2v) is 5.19. The SMILES string of the molecule is COc1cc(C(=O)NC(C)Cc2nc(-c3ccccc3)no2)on1. The van der Waals surface area contributed by atoms with Gasteiger partial charge in [-0.2, -0.15) is 4.98 Å². The zero-order valence-electron chi connectivity index (χ0n) is 13.2. The highest BCUT2D eigenvalue weighted by atomic mass is 16.5. The van der Waals surface area contributed by atoms with Crippen molar-refractivity contribution in [3.63, 3.8) is 0 Å². The number of amides is 1. The van der Waals surface area contributed by atoms with Crippen LogP contribution in [-0.2, 0) is 6.42 Å². The standard InChI is InChI=1S/C16H16N4O4/c1-10(17-16(21)12-9-14(22-2)19-23-12)8-13-18-15(20-24-13)11-6-4-3-5-7-11/h3-7,9-10H,8H2,1-2H3,(H,17,21). The van der Waals surface area contributed by atoms with Gasteiger partial charge in [0.25, 0.3) is 11.8 Å². The first kappa shape index (κ1) is 15.7. The molecule has 8 heteroatoms. The summed E-state index contributed by atoms with van der Waals surface area (Å²) in [6, 6.07) is 10.7. The molecular formula is C16H16N4O4. The summed E-state index contributed by atoms with van der Waals surface area (Å²) in [7, 11) is 1.45. The number of carbonyl (C=O) groups is 1. The van der Waals surface area contributed by atoms with Crippen molar-refractivity contribution >= 4 is 5.91 Å².